The van der Waals surface area contributed by atoms with Crippen LogP contribution in [0.1, 0.15) is 5.56 Å². The Morgan fingerprint density at radius 3 is 2.18 bits per heavy atom. The molecular weight excluding hydrogens is 742 g/mol. The van der Waals surface area contributed by atoms with E-state index in [-0.39, 0.29) is 41.7 Å². The summed E-state index contributed by atoms with van der Waals surface area (Å²) in [7, 11) is -4.61. The number of ether oxygens (including phenoxy) is 1. The molecule has 0 aliphatic carbocycles. The molecule has 3 N–H and O–H groups in total. The number of aliphatic carboxylic acids is 1. The van der Waals surface area contributed by atoms with Gasteiger partial charge in [-0.15, -0.1) is 0 Å². The van der Waals surface area contributed by atoms with Crippen LogP contribution in [0.25, 0.3) is 0 Å². The second-order valence-corrected chi connectivity index (χ2v) is 9.73. The second-order valence-electron chi connectivity index (χ2n) is 5.22. The summed E-state index contributed by atoms with van der Waals surface area (Å²) in [4.78, 5) is 10.8. The molecule has 0 spiro atoms. The summed E-state index contributed by atoms with van der Waals surface area (Å²) in [6, 6.07) is 6.84. The van der Waals surface area contributed by atoms with E-state index in [4.69, 9.17) is 15.0 Å². The minimum absolute atomic E-state index is 0. The minimum Gasteiger partial charge on any atom is -0.548 e. The van der Waals surface area contributed by atoms with E-state index in [0.29, 0.717) is 15.1 Å². The fourth-order valence-corrected chi connectivity index (χ4v) is 5.24. The third kappa shape index (κ3) is 8.01. The van der Waals surface area contributed by atoms with E-state index < -0.39 is 22.4 Å². The van der Waals surface area contributed by atoms with Gasteiger partial charge >= 0.3 is 40.0 Å². The Morgan fingerprint density at radius 2 is 1.71 bits per heavy atom. The summed E-state index contributed by atoms with van der Waals surface area (Å²) in [5.41, 5.74) is 6.25. The average molecular weight is 753 g/mol. The van der Waals surface area contributed by atoms with E-state index in [2.05, 4.69) is 49.4 Å². The van der Waals surface area contributed by atoms with Gasteiger partial charge in [-0.05, 0) is 110 Å². The number of rotatable bonds is 7. The first-order valence-corrected chi connectivity index (χ1v) is 11.6. The van der Waals surface area contributed by atoms with Crippen molar-refractivity contribution in [1.82, 2.24) is 0 Å². The standard InChI is InChI=1S/C15H12I3NO7S.Na/c16-9-6-8(1-2-13(9)26-27(22,23)24)25-14-10(17)3-7(4-11(14)18)5-12(19)15(20)21;/h1-4,6,12H,5,19H2,(H,20,21)(H,22,23,24);/q;+1/p-1/t12-;/m0./s1. The van der Waals surface area contributed by atoms with Crippen LogP contribution in [0.2, 0.25) is 0 Å². The third-order valence-electron chi connectivity index (χ3n) is 3.13. The molecule has 2 aromatic carbocycles. The van der Waals surface area contributed by atoms with E-state index in [1.807, 2.05) is 22.6 Å². The zero-order chi connectivity index (χ0) is 20.4. The van der Waals surface area contributed by atoms with Crippen LogP contribution in [0, 0.1) is 10.7 Å². The molecule has 2 rings (SSSR count). The normalized spacial score (nSPS) is 12.0. The number of carboxylic acids is 1. The molecule has 8 nitrogen and oxygen atoms in total. The minimum atomic E-state index is -4.61. The Hall–Kier alpha value is 0.570. The largest absolute Gasteiger partial charge is 1.00 e. The Balaban J connectivity index is 0.00000392. The molecule has 0 amide bonds. The van der Waals surface area contributed by atoms with Crippen molar-refractivity contribution in [1.29, 1.82) is 0 Å². The Labute approximate surface area is 224 Å². The van der Waals surface area contributed by atoms with Gasteiger partial charge in [-0.25, -0.2) is 0 Å². The molecule has 1 atom stereocenters. The molecule has 13 heteroatoms. The van der Waals surface area contributed by atoms with Gasteiger partial charge in [-0.3, -0.25) is 4.55 Å². The van der Waals surface area contributed by atoms with Gasteiger partial charge in [0.05, 0.1) is 16.7 Å². The van der Waals surface area contributed by atoms with Crippen LogP contribution >= 0.6 is 67.8 Å². The number of nitrogens with two attached hydrogens (primary N) is 1. The molecule has 2 aromatic rings. The van der Waals surface area contributed by atoms with E-state index in [0.717, 1.165) is 12.7 Å². The second kappa shape index (κ2) is 11.3. The predicted molar refractivity (Wildman–Crippen MR) is 120 cm³/mol. The van der Waals surface area contributed by atoms with Crippen molar-refractivity contribution in [3.05, 3.63) is 46.6 Å². The fraction of sp³-hybridized carbons (Fsp3) is 0.133. The summed E-state index contributed by atoms with van der Waals surface area (Å²) < 4.78 is 42.6. The van der Waals surface area contributed by atoms with Gasteiger partial charge in [-0.1, -0.05) is 0 Å². The number of carbonyl (C=O) groups is 1. The molecule has 28 heavy (non-hydrogen) atoms. The molecule has 0 saturated carbocycles. The van der Waals surface area contributed by atoms with E-state index in [1.165, 1.54) is 12.1 Å². The SMILES string of the molecule is N[C@@H](Cc1cc(I)c(Oc2ccc(OS(=O)(=O)O)c(I)c2)c(I)c1)C(=O)[O-].[Na+]. The van der Waals surface area contributed by atoms with Gasteiger partial charge in [0, 0.05) is 6.04 Å². The molecule has 146 valence electrons. The molecule has 0 aromatic heterocycles. The summed E-state index contributed by atoms with van der Waals surface area (Å²) in [6.45, 7) is 0. The first-order chi connectivity index (χ1) is 12.5. The van der Waals surface area contributed by atoms with Crippen molar-refractivity contribution in [3.63, 3.8) is 0 Å². The van der Waals surface area contributed by atoms with E-state index >= 15 is 0 Å². The van der Waals surface area contributed by atoms with Crippen LogP contribution in [-0.2, 0) is 21.6 Å². The molecular formula is C15H11I3NNaO7S. The molecule has 0 fully saturated rings. The number of hydrogen-bond donors (Lipinski definition) is 2. The average Bonchev–Trinajstić information content (AvgIpc) is 2.52. The molecule has 0 unspecified atom stereocenters. The number of halogens is 3. The van der Waals surface area contributed by atoms with Crippen molar-refractivity contribution in [2.75, 3.05) is 0 Å². The Morgan fingerprint density at radius 1 is 1.14 bits per heavy atom. The summed E-state index contributed by atoms with van der Waals surface area (Å²) >= 11 is 5.98. The van der Waals surface area contributed by atoms with Gasteiger partial charge in [-0.2, -0.15) is 8.42 Å². The van der Waals surface area contributed by atoms with Crippen LogP contribution < -0.4 is 49.3 Å². The van der Waals surface area contributed by atoms with Gasteiger partial charge in [0.1, 0.15) is 5.75 Å². The smallest absolute Gasteiger partial charge is 0.548 e. The number of benzene rings is 2. The van der Waals surface area contributed by atoms with Crippen LogP contribution in [-0.4, -0.2) is 25.0 Å². The van der Waals surface area contributed by atoms with Gasteiger partial charge < -0.3 is 24.6 Å². The molecule has 0 bridgehead atoms. The van der Waals surface area contributed by atoms with Crippen LogP contribution in [0.3, 0.4) is 0 Å². The number of hydrogen-bond acceptors (Lipinski definition) is 7. The summed E-state index contributed by atoms with van der Waals surface area (Å²) in [6.07, 6.45) is 0.133. The Bertz CT molecular complexity index is 965. The molecule has 0 saturated heterocycles. The summed E-state index contributed by atoms with van der Waals surface area (Å²) in [5.74, 6) is -0.359. The van der Waals surface area contributed by atoms with Crippen molar-refractivity contribution < 1.29 is 61.3 Å². The van der Waals surface area contributed by atoms with E-state index in [1.54, 1.807) is 18.2 Å². The van der Waals surface area contributed by atoms with Crippen LogP contribution in [0.15, 0.2) is 30.3 Å². The number of carboxylic acid groups (broad SMARTS) is 1. The zero-order valence-electron chi connectivity index (χ0n) is 14.2. The van der Waals surface area contributed by atoms with Gasteiger partial charge in [0.15, 0.2) is 11.5 Å². The first kappa shape index (κ1) is 26.6. The van der Waals surface area contributed by atoms with Crippen molar-refractivity contribution in [2.24, 2.45) is 5.73 Å². The zero-order valence-corrected chi connectivity index (χ0v) is 23.5. The maximum absolute atomic E-state index is 10.8. The number of carbonyl (C=O) groups excluding carboxylic acids is 1. The van der Waals surface area contributed by atoms with Crippen molar-refractivity contribution in [3.8, 4) is 17.2 Å². The molecule has 0 aliphatic rings. The monoisotopic (exact) mass is 753 g/mol. The van der Waals surface area contributed by atoms with Gasteiger partial charge in [0.2, 0.25) is 0 Å². The quantitative estimate of drug-likeness (QED) is 0.211. The maximum atomic E-state index is 10.8. The molecule has 0 aliphatic heterocycles. The maximum Gasteiger partial charge on any atom is 1.00 e. The van der Waals surface area contributed by atoms with Crippen LogP contribution in [0.5, 0.6) is 17.2 Å². The predicted octanol–water partition coefficient (Wildman–Crippen LogP) is -0.902. The molecule has 0 heterocycles. The fourth-order valence-electron chi connectivity index (χ4n) is 2.01. The van der Waals surface area contributed by atoms with E-state index in [9.17, 15) is 18.3 Å². The Kier molecular flexibility index (Phi) is 10.7. The molecule has 0 radical (unpaired) electrons. The third-order valence-corrected chi connectivity index (χ3v) is 5.97. The summed E-state index contributed by atoms with van der Waals surface area (Å²) in [5, 5.41) is 10.8. The topological polar surface area (TPSA) is 139 Å². The van der Waals surface area contributed by atoms with Crippen molar-refractivity contribution >= 4 is 84.1 Å². The van der Waals surface area contributed by atoms with Crippen molar-refractivity contribution in [2.45, 2.75) is 12.5 Å². The van der Waals surface area contributed by atoms with Gasteiger partial charge in [0.25, 0.3) is 0 Å². The first-order valence-electron chi connectivity index (χ1n) is 7.05. The van der Waals surface area contributed by atoms with Crippen LogP contribution in [0.4, 0.5) is 0 Å².